The van der Waals surface area contributed by atoms with E-state index in [9.17, 15) is 0 Å². The van der Waals surface area contributed by atoms with Crippen LogP contribution in [0.2, 0.25) is 0 Å². The predicted molar refractivity (Wildman–Crippen MR) is 132 cm³/mol. The Labute approximate surface area is 191 Å². The third kappa shape index (κ3) is 8.20. The Morgan fingerprint density at radius 2 is 2.32 bits per heavy atom. The molecule has 28 heavy (non-hydrogen) atoms. The first-order valence-electron chi connectivity index (χ1n) is 9.59. The van der Waals surface area contributed by atoms with Gasteiger partial charge in [0, 0.05) is 46.5 Å². The maximum absolute atomic E-state index is 5.70. The number of hydrogen-bond donors (Lipinski definition) is 1. The van der Waals surface area contributed by atoms with Gasteiger partial charge in [-0.1, -0.05) is 34.4 Å². The van der Waals surface area contributed by atoms with Crippen LogP contribution in [0, 0.1) is 11.8 Å². The van der Waals surface area contributed by atoms with Gasteiger partial charge in [0.05, 0.1) is 6.10 Å². The molecule has 1 fully saturated rings. The molecule has 1 saturated heterocycles. The van der Waals surface area contributed by atoms with E-state index in [1.54, 1.807) is 29.7 Å². The van der Waals surface area contributed by atoms with Crippen LogP contribution >= 0.6 is 46.1 Å². The smallest absolute Gasteiger partial charge is 0.189 e. The van der Waals surface area contributed by atoms with Crippen LogP contribution in [0.1, 0.15) is 33.1 Å². The first kappa shape index (κ1) is 24.0. The van der Waals surface area contributed by atoms with Crippen LogP contribution in [0.4, 0.5) is 5.82 Å². The van der Waals surface area contributed by atoms with Gasteiger partial charge in [0.1, 0.15) is 5.82 Å². The van der Waals surface area contributed by atoms with Crippen molar-refractivity contribution in [2.24, 2.45) is 16.8 Å². The highest BCUT2D eigenvalue weighted by molar-refractivity contribution is 14.1. The number of aliphatic imine (C=N–C) groups is 1. The summed E-state index contributed by atoms with van der Waals surface area (Å²) in [5.41, 5.74) is 2.27. The number of anilines is 1. The van der Waals surface area contributed by atoms with Crippen molar-refractivity contribution in [1.29, 1.82) is 0 Å². The van der Waals surface area contributed by atoms with Crippen LogP contribution in [0.5, 0.6) is 0 Å². The minimum Gasteiger partial charge on any atom is -0.378 e. The number of halogens is 1. The second-order valence-electron chi connectivity index (χ2n) is 7.07. The fraction of sp³-hybridized carbons (Fsp3) is 0.650. The molecule has 1 aromatic rings. The van der Waals surface area contributed by atoms with E-state index in [0.717, 1.165) is 39.4 Å². The lowest BCUT2D eigenvalue weighted by atomic mass is 9.86. The number of nitrogens with one attached hydrogen (secondary N) is 1. The molecule has 1 aliphatic rings. The molecule has 1 aliphatic heterocycles. The average Bonchev–Trinajstić information content (AvgIpc) is 2.70. The summed E-state index contributed by atoms with van der Waals surface area (Å²) < 4.78 is 6.80. The molecule has 0 spiro atoms. The quantitative estimate of drug-likeness (QED) is 0.140. The van der Waals surface area contributed by atoms with E-state index >= 15 is 0 Å². The standard InChI is InChI=1S/C20H31IN4OS2/c1-14-9-16(6-8-26-14)10-17(11-21)15(2)23-12-18(13-27-3)24-19-5-7-22-20(25-19)28-4/h5,7,12,14,16-17H,6,8-11,13H2,1-4H3,(H,22,24,25)/b18-12-,23-15?/t14?,16?,17-/m1/s1. The van der Waals surface area contributed by atoms with E-state index in [1.165, 1.54) is 25.0 Å². The summed E-state index contributed by atoms with van der Waals surface area (Å²) in [5.74, 6) is 2.94. The summed E-state index contributed by atoms with van der Waals surface area (Å²) in [7, 11) is 0. The van der Waals surface area contributed by atoms with Gasteiger partial charge in [-0.05, 0) is 57.6 Å². The van der Waals surface area contributed by atoms with Crippen molar-refractivity contribution < 1.29 is 4.74 Å². The summed E-state index contributed by atoms with van der Waals surface area (Å²) in [4.78, 5) is 13.6. The van der Waals surface area contributed by atoms with E-state index in [1.807, 2.05) is 18.5 Å². The maximum Gasteiger partial charge on any atom is 0.189 e. The van der Waals surface area contributed by atoms with E-state index in [0.29, 0.717) is 12.0 Å². The van der Waals surface area contributed by atoms with E-state index in [4.69, 9.17) is 9.73 Å². The van der Waals surface area contributed by atoms with E-state index < -0.39 is 0 Å². The molecule has 2 unspecified atom stereocenters. The van der Waals surface area contributed by atoms with Crippen LogP contribution < -0.4 is 5.32 Å². The molecule has 0 bridgehead atoms. The molecule has 0 radical (unpaired) electrons. The molecule has 5 nitrogen and oxygen atoms in total. The molecule has 1 N–H and O–H groups in total. The number of alkyl halides is 1. The molecule has 8 heteroatoms. The second kappa shape index (κ2) is 13.1. The van der Waals surface area contributed by atoms with Crippen molar-refractivity contribution in [1.82, 2.24) is 9.97 Å². The van der Waals surface area contributed by atoms with Crippen molar-refractivity contribution in [3.63, 3.8) is 0 Å². The highest BCUT2D eigenvalue weighted by Gasteiger charge is 2.23. The minimum atomic E-state index is 0.391. The normalized spacial score (nSPS) is 22.2. The topological polar surface area (TPSA) is 59.4 Å². The van der Waals surface area contributed by atoms with Crippen LogP contribution in [-0.2, 0) is 4.74 Å². The monoisotopic (exact) mass is 534 g/mol. The summed E-state index contributed by atoms with van der Waals surface area (Å²) >= 11 is 5.80. The highest BCUT2D eigenvalue weighted by Crippen LogP contribution is 2.28. The molecule has 0 saturated carbocycles. The zero-order valence-corrected chi connectivity index (χ0v) is 20.9. The number of rotatable bonds is 10. The Morgan fingerprint density at radius 1 is 1.50 bits per heavy atom. The zero-order chi connectivity index (χ0) is 20.4. The largest absolute Gasteiger partial charge is 0.378 e. The summed E-state index contributed by atoms with van der Waals surface area (Å²) in [6.45, 7) is 5.25. The molecule has 156 valence electrons. The third-order valence-corrected chi connectivity index (χ3v) is 7.04. The molecule has 2 heterocycles. The number of hydrogen-bond acceptors (Lipinski definition) is 7. The van der Waals surface area contributed by atoms with Crippen molar-refractivity contribution in [3.05, 3.63) is 24.2 Å². The molecular weight excluding hydrogens is 503 g/mol. The Balaban J connectivity index is 2.05. The molecule has 1 aromatic heterocycles. The lowest BCUT2D eigenvalue weighted by Crippen LogP contribution is -2.26. The molecule has 2 rings (SSSR count). The van der Waals surface area contributed by atoms with Crippen molar-refractivity contribution in [3.8, 4) is 0 Å². The number of ether oxygens (including phenoxy) is 1. The summed E-state index contributed by atoms with van der Waals surface area (Å²) in [6, 6.07) is 1.89. The Bertz CT molecular complexity index is 671. The number of nitrogens with zero attached hydrogens (tertiary/aromatic N) is 3. The third-order valence-electron chi connectivity index (χ3n) is 4.82. The Hall–Kier alpha value is -0.320. The Morgan fingerprint density at radius 3 is 3.00 bits per heavy atom. The molecule has 0 aliphatic carbocycles. The lowest BCUT2D eigenvalue weighted by Gasteiger charge is -2.29. The summed E-state index contributed by atoms with van der Waals surface area (Å²) in [5, 5.41) is 4.17. The Kier molecular flexibility index (Phi) is 11.2. The first-order chi connectivity index (χ1) is 13.5. The van der Waals surface area contributed by atoms with Crippen LogP contribution in [0.25, 0.3) is 0 Å². The van der Waals surface area contributed by atoms with Gasteiger partial charge in [-0.25, -0.2) is 9.97 Å². The summed E-state index contributed by atoms with van der Waals surface area (Å²) in [6.07, 6.45) is 11.8. The van der Waals surface area contributed by atoms with Gasteiger partial charge in [0.2, 0.25) is 0 Å². The number of thioether (sulfide) groups is 2. The van der Waals surface area contributed by atoms with Crippen LogP contribution in [-0.4, -0.2) is 51.1 Å². The van der Waals surface area contributed by atoms with Crippen LogP contribution in [0.15, 0.2) is 34.3 Å². The number of aromatic nitrogens is 2. The van der Waals surface area contributed by atoms with Gasteiger partial charge >= 0.3 is 0 Å². The molecule has 0 amide bonds. The van der Waals surface area contributed by atoms with Crippen LogP contribution in [0.3, 0.4) is 0 Å². The second-order valence-corrected chi connectivity index (χ2v) is 9.59. The zero-order valence-electron chi connectivity index (χ0n) is 17.2. The van der Waals surface area contributed by atoms with E-state index in [2.05, 4.69) is 58.0 Å². The molecular formula is C20H31IN4OS2. The van der Waals surface area contributed by atoms with Crippen molar-refractivity contribution in [2.45, 2.75) is 44.4 Å². The predicted octanol–water partition coefficient (Wildman–Crippen LogP) is 5.53. The fourth-order valence-electron chi connectivity index (χ4n) is 3.27. The SMILES string of the molecule is CSC/C(=C/N=C(C)[C@@H](CI)CC1CCOC(C)C1)Nc1ccnc(SC)n1. The van der Waals surface area contributed by atoms with Gasteiger partial charge in [-0.3, -0.25) is 4.99 Å². The van der Waals surface area contributed by atoms with Gasteiger partial charge in [-0.2, -0.15) is 11.8 Å². The maximum atomic E-state index is 5.70. The van der Waals surface area contributed by atoms with Gasteiger partial charge < -0.3 is 10.1 Å². The van der Waals surface area contributed by atoms with E-state index in [-0.39, 0.29) is 0 Å². The molecule has 0 aromatic carbocycles. The first-order valence-corrected chi connectivity index (χ1v) is 13.7. The fourth-order valence-corrected chi connectivity index (χ4v) is 5.08. The van der Waals surface area contributed by atoms with Gasteiger partial charge in [-0.15, -0.1) is 0 Å². The average molecular weight is 535 g/mol. The highest BCUT2D eigenvalue weighted by atomic mass is 127. The minimum absolute atomic E-state index is 0.391. The van der Waals surface area contributed by atoms with Crippen molar-refractivity contribution in [2.75, 3.05) is 34.6 Å². The molecule has 3 atom stereocenters. The van der Waals surface area contributed by atoms with Gasteiger partial charge in [0.15, 0.2) is 5.16 Å². The van der Waals surface area contributed by atoms with Gasteiger partial charge in [0.25, 0.3) is 0 Å². The lowest BCUT2D eigenvalue weighted by molar-refractivity contribution is -0.000458. The van der Waals surface area contributed by atoms with Crippen molar-refractivity contribution >= 4 is 57.6 Å².